The smallest absolute Gasteiger partial charge is 0.328 e. The van der Waals surface area contributed by atoms with Crippen LogP contribution in [0.3, 0.4) is 0 Å². The molecule has 0 saturated carbocycles. The molecule has 0 unspecified atom stereocenters. The lowest BCUT2D eigenvalue weighted by molar-refractivity contribution is -0.131. The average Bonchev–Trinajstić information content (AvgIpc) is 2.98. The quantitative estimate of drug-likeness (QED) is 0.791. The molecule has 2 rings (SSSR count). The van der Waals surface area contributed by atoms with Crippen LogP contribution in [-0.2, 0) is 11.2 Å². The van der Waals surface area contributed by atoms with E-state index in [-0.39, 0.29) is 5.91 Å². The predicted octanol–water partition coefficient (Wildman–Crippen LogP) is 1.61. The molecule has 2 aromatic rings. The third-order valence-corrected chi connectivity index (χ3v) is 3.39. The van der Waals surface area contributed by atoms with E-state index >= 15 is 0 Å². The molecule has 21 heavy (non-hydrogen) atoms. The van der Waals surface area contributed by atoms with Crippen LogP contribution in [0.2, 0.25) is 0 Å². The Morgan fingerprint density at radius 1 is 1.38 bits per heavy atom. The van der Waals surface area contributed by atoms with Gasteiger partial charge < -0.3 is 10.4 Å². The molecule has 2 heterocycles. The number of aliphatic carboxylic acids is 1. The molecule has 0 aromatic carbocycles. The van der Waals surface area contributed by atoms with Crippen molar-refractivity contribution in [2.24, 2.45) is 0 Å². The highest BCUT2D eigenvalue weighted by Crippen LogP contribution is 2.06. The Hall–Kier alpha value is -2.54. The summed E-state index contributed by atoms with van der Waals surface area (Å²) >= 11 is 1.54. The van der Waals surface area contributed by atoms with Crippen LogP contribution >= 0.6 is 11.3 Å². The lowest BCUT2D eigenvalue weighted by Crippen LogP contribution is -2.25. The molecule has 0 radical (unpaired) electrons. The number of carbonyl (C=O) groups excluding carboxylic acids is 1. The minimum atomic E-state index is -1.05. The fourth-order valence-electron chi connectivity index (χ4n) is 1.60. The number of thiazole rings is 1. The summed E-state index contributed by atoms with van der Waals surface area (Å²) in [6.45, 7) is 0.488. The summed E-state index contributed by atoms with van der Waals surface area (Å²) in [5, 5.41) is 14.2. The summed E-state index contributed by atoms with van der Waals surface area (Å²) < 4.78 is 0. The second-order valence-electron chi connectivity index (χ2n) is 4.11. The number of aromatic nitrogens is 2. The number of amides is 1. The molecule has 0 spiro atoms. The van der Waals surface area contributed by atoms with E-state index < -0.39 is 5.97 Å². The minimum absolute atomic E-state index is 0.246. The van der Waals surface area contributed by atoms with Gasteiger partial charge in [0.25, 0.3) is 5.91 Å². The van der Waals surface area contributed by atoms with Crippen molar-refractivity contribution in [1.29, 1.82) is 0 Å². The van der Waals surface area contributed by atoms with Crippen molar-refractivity contribution in [3.05, 3.63) is 52.2 Å². The van der Waals surface area contributed by atoms with E-state index in [0.29, 0.717) is 24.1 Å². The number of hydrogen-bond acceptors (Lipinski definition) is 5. The number of carbonyl (C=O) groups is 2. The summed E-state index contributed by atoms with van der Waals surface area (Å²) in [7, 11) is 0. The van der Waals surface area contributed by atoms with E-state index in [1.807, 2.05) is 5.38 Å². The van der Waals surface area contributed by atoms with E-state index in [1.165, 1.54) is 18.5 Å². The van der Waals surface area contributed by atoms with Crippen molar-refractivity contribution in [2.45, 2.75) is 6.42 Å². The summed E-state index contributed by atoms with van der Waals surface area (Å²) in [6.07, 6.45) is 7.73. The zero-order chi connectivity index (χ0) is 15.1. The van der Waals surface area contributed by atoms with E-state index in [4.69, 9.17) is 5.11 Å². The zero-order valence-corrected chi connectivity index (χ0v) is 11.8. The van der Waals surface area contributed by atoms with Gasteiger partial charge in [0.15, 0.2) is 0 Å². The second kappa shape index (κ2) is 7.30. The number of pyridine rings is 1. The van der Waals surface area contributed by atoms with Gasteiger partial charge in [0.05, 0.1) is 10.6 Å². The topological polar surface area (TPSA) is 92.2 Å². The van der Waals surface area contributed by atoms with Crippen LogP contribution < -0.4 is 5.32 Å². The van der Waals surface area contributed by atoms with Gasteiger partial charge in [-0.05, 0) is 17.7 Å². The third kappa shape index (κ3) is 4.81. The van der Waals surface area contributed by atoms with Gasteiger partial charge in [-0.2, -0.15) is 0 Å². The monoisotopic (exact) mass is 303 g/mol. The van der Waals surface area contributed by atoms with Crippen LogP contribution in [0.4, 0.5) is 0 Å². The number of hydrogen-bond donors (Lipinski definition) is 2. The first-order valence-corrected chi connectivity index (χ1v) is 7.06. The number of rotatable bonds is 6. The standard InChI is InChI=1S/C14H13N3O3S/c18-13(19)2-1-10-7-11(9-15-8-10)14(20)17-4-3-12-16-5-6-21-12/h1-2,5-9H,3-4H2,(H,17,20)(H,18,19). The maximum atomic E-state index is 12.0. The first kappa shape index (κ1) is 14.9. The third-order valence-electron chi connectivity index (χ3n) is 2.55. The van der Waals surface area contributed by atoms with E-state index in [2.05, 4.69) is 15.3 Å². The lowest BCUT2D eigenvalue weighted by atomic mass is 10.2. The molecule has 108 valence electrons. The highest BCUT2D eigenvalue weighted by atomic mass is 32.1. The molecule has 0 aliphatic carbocycles. The molecule has 0 bridgehead atoms. The Balaban J connectivity index is 1.92. The molecule has 1 amide bonds. The number of nitrogens with zero attached hydrogens (tertiary/aromatic N) is 2. The van der Waals surface area contributed by atoms with Gasteiger partial charge in [-0.15, -0.1) is 11.3 Å². The van der Waals surface area contributed by atoms with Crippen LogP contribution in [-0.4, -0.2) is 33.5 Å². The molecular weight excluding hydrogens is 290 g/mol. The van der Waals surface area contributed by atoms with Gasteiger partial charge in [-0.1, -0.05) is 0 Å². The lowest BCUT2D eigenvalue weighted by Gasteiger charge is -2.04. The van der Waals surface area contributed by atoms with Crippen LogP contribution in [0.25, 0.3) is 6.08 Å². The van der Waals surface area contributed by atoms with Gasteiger partial charge in [-0.3, -0.25) is 9.78 Å². The SMILES string of the molecule is O=C(O)C=Cc1cncc(C(=O)NCCc2nccs2)c1. The Morgan fingerprint density at radius 3 is 2.95 bits per heavy atom. The Bertz CT molecular complexity index is 653. The predicted molar refractivity (Wildman–Crippen MR) is 79.1 cm³/mol. The molecule has 6 nitrogen and oxygen atoms in total. The maximum absolute atomic E-state index is 12.0. The fraction of sp³-hybridized carbons (Fsp3) is 0.143. The van der Waals surface area contributed by atoms with Gasteiger partial charge in [0.2, 0.25) is 0 Å². The largest absolute Gasteiger partial charge is 0.478 e. The Kier molecular flexibility index (Phi) is 5.16. The maximum Gasteiger partial charge on any atom is 0.328 e. The molecule has 2 N–H and O–H groups in total. The highest BCUT2D eigenvalue weighted by Gasteiger charge is 2.06. The summed E-state index contributed by atoms with van der Waals surface area (Å²) in [4.78, 5) is 30.5. The van der Waals surface area contributed by atoms with Crippen molar-refractivity contribution < 1.29 is 14.7 Å². The minimum Gasteiger partial charge on any atom is -0.478 e. The number of carboxylic acid groups (broad SMARTS) is 1. The van der Waals surface area contributed by atoms with Crippen molar-refractivity contribution in [3.63, 3.8) is 0 Å². The van der Waals surface area contributed by atoms with E-state index in [9.17, 15) is 9.59 Å². The van der Waals surface area contributed by atoms with Crippen molar-refractivity contribution in [2.75, 3.05) is 6.54 Å². The molecule has 2 aromatic heterocycles. The van der Waals surface area contributed by atoms with Gasteiger partial charge in [0.1, 0.15) is 0 Å². The summed E-state index contributed by atoms with van der Waals surface area (Å²) in [5.74, 6) is -1.29. The number of carboxylic acids is 1. The first-order chi connectivity index (χ1) is 10.1. The molecule has 0 saturated heterocycles. The summed E-state index contributed by atoms with van der Waals surface area (Å²) in [6, 6.07) is 1.59. The fourth-order valence-corrected chi connectivity index (χ4v) is 2.22. The van der Waals surface area contributed by atoms with Crippen molar-refractivity contribution >= 4 is 29.3 Å². The second-order valence-corrected chi connectivity index (χ2v) is 5.09. The van der Waals surface area contributed by atoms with Gasteiger partial charge >= 0.3 is 5.97 Å². The van der Waals surface area contributed by atoms with Crippen LogP contribution in [0.5, 0.6) is 0 Å². The molecule has 0 aliphatic rings. The molecule has 0 aliphatic heterocycles. The van der Waals surface area contributed by atoms with Crippen LogP contribution in [0.15, 0.2) is 36.1 Å². The van der Waals surface area contributed by atoms with Crippen LogP contribution in [0, 0.1) is 0 Å². The van der Waals surface area contributed by atoms with E-state index in [0.717, 1.165) is 11.1 Å². The molecule has 0 fully saturated rings. The van der Waals surface area contributed by atoms with Crippen molar-refractivity contribution in [1.82, 2.24) is 15.3 Å². The average molecular weight is 303 g/mol. The first-order valence-electron chi connectivity index (χ1n) is 6.18. The number of nitrogens with one attached hydrogen (secondary N) is 1. The van der Waals surface area contributed by atoms with Gasteiger partial charge in [-0.25, -0.2) is 9.78 Å². The Labute approximate surface area is 125 Å². The zero-order valence-electron chi connectivity index (χ0n) is 11.0. The Morgan fingerprint density at radius 2 is 2.24 bits per heavy atom. The molecule has 0 atom stereocenters. The van der Waals surface area contributed by atoms with Crippen LogP contribution in [0.1, 0.15) is 20.9 Å². The molecule has 7 heteroatoms. The molecular formula is C14H13N3O3S. The van der Waals surface area contributed by atoms with Crippen molar-refractivity contribution in [3.8, 4) is 0 Å². The summed E-state index contributed by atoms with van der Waals surface area (Å²) in [5.41, 5.74) is 0.951. The highest BCUT2D eigenvalue weighted by molar-refractivity contribution is 7.09. The van der Waals surface area contributed by atoms with Gasteiger partial charge in [0, 0.05) is 43.0 Å². The normalized spacial score (nSPS) is 10.7. The van der Waals surface area contributed by atoms with E-state index in [1.54, 1.807) is 23.6 Å².